The van der Waals surface area contributed by atoms with Gasteiger partial charge in [0.2, 0.25) is 6.79 Å². The van der Waals surface area contributed by atoms with E-state index in [2.05, 4.69) is 6.92 Å². The van der Waals surface area contributed by atoms with Gasteiger partial charge >= 0.3 is 0 Å². The Morgan fingerprint density at radius 2 is 1.91 bits per heavy atom. The van der Waals surface area contributed by atoms with Crippen LogP contribution in [0.1, 0.15) is 34.8 Å². The Hall–Kier alpha value is -2.75. The Balaban J connectivity index is 1.70. The van der Waals surface area contributed by atoms with E-state index in [1.165, 1.54) is 0 Å². The molecule has 0 spiro atoms. The van der Waals surface area contributed by atoms with E-state index in [1.54, 1.807) is 6.08 Å². The maximum Gasteiger partial charge on any atom is 0.231 e. The van der Waals surface area contributed by atoms with E-state index >= 15 is 0 Å². The first-order valence-electron chi connectivity index (χ1n) is 7.69. The van der Waals surface area contributed by atoms with E-state index in [0.717, 1.165) is 34.6 Å². The van der Waals surface area contributed by atoms with Gasteiger partial charge in [-0.15, -0.1) is 0 Å². The molecule has 0 saturated carbocycles. The molecule has 4 heteroatoms. The van der Waals surface area contributed by atoms with Gasteiger partial charge in [0.25, 0.3) is 0 Å². The minimum Gasteiger partial charge on any atom is -0.494 e. The third-order valence-corrected chi connectivity index (χ3v) is 3.98. The summed E-state index contributed by atoms with van der Waals surface area (Å²) in [5.74, 6) is 2.20. The second-order valence-corrected chi connectivity index (χ2v) is 5.55. The molecule has 0 aromatic heterocycles. The molecule has 0 fully saturated rings. The Morgan fingerprint density at radius 3 is 2.78 bits per heavy atom. The highest BCUT2D eigenvalue weighted by Crippen LogP contribution is 2.39. The summed E-state index contributed by atoms with van der Waals surface area (Å²) in [7, 11) is 0. The lowest BCUT2D eigenvalue weighted by atomic mass is 9.98. The molecule has 2 aromatic carbocycles. The van der Waals surface area contributed by atoms with Crippen molar-refractivity contribution in [2.75, 3.05) is 13.4 Å². The molecule has 2 aliphatic rings. The fraction of sp³-hybridized carbons (Fsp3) is 0.211. The van der Waals surface area contributed by atoms with Crippen molar-refractivity contribution >= 4 is 11.4 Å². The van der Waals surface area contributed by atoms with Crippen LogP contribution < -0.4 is 14.2 Å². The van der Waals surface area contributed by atoms with Crippen LogP contribution in [0.4, 0.5) is 0 Å². The number of ketones is 1. The summed E-state index contributed by atoms with van der Waals surface area (Å²) in [5.41, 5.74) is 3.47. The van der Waals surface area contributed by atoms with Crippen LogP contribution in [0.5, 0.6) is 17.2 Å². The molecule has 0 bridgehead atoms. The number of hydrogen-bond donors (Lipinski definition) is 0. The van der Waals surface area contributed by atoms with Crippen LogP contribution in [0, 0.1) is 0 Å². The van der Waals surface area contributed by atoms with Crippen LogP contribution in [0.2, 0.25) is 0 Å². The van der Waals surface area contributed by atoms with Crippen LogP contribution >= 0.6 is 0 Å². The molecule has 1 aliphatic carbocycles. The van der Waals surface area contributed by atoms with Gasteiger partial charge in [-0.25, -0.2) is 0 Å². The summed E-state index contributed by atoms with van der Waals surface area (Å²) < 4.78 is 16.4. The second-order valence-electron chi connectivity index (χ2n) is 5.55. The lowest BCUT2D eigenvalue weighted by molar-refractivity contribution is 0.104. The number of hydrogen-bond acceptors (Lipinski definition) is 4. The summed E-state index contributed by atoms with van der Waals surface area (Å²) in [5, 5.41) is 0. The summed E-state index contributed by atoms with van der Waals surface area (Å²) in [4.78, 5) is 12.3. The fourth-order valence-electron chi connectivity index (χ4n) is 2.86. The quantitative estimate of drug-likeness (QED) is 0.861. The number of carbonyl (C=O) groups is 1. The monoisotopic (exact) mass is 308 g/mol. The Kier molecular flexibility index (Phi) is 3.30. The number of rotatable bonds is 4. The van der Waals surface area contributed by atoms with Gasteiger partial charge in [0.15, 0.2) is 17.3 Å². The van der Waals surface area contributed by atoms with Crippen molar-refractivity contribution in [2.24, 2.45) is 0 Å². The van der Waals surface area contributed by atoms with Gasteiger partial charge in [-0.3, -0.25) is 4.79 Å². The average Bonchev–Trinajstić information content (AvgIpc) is 3.17. The zero-order valence-corrected chi connectivity index (χ0v) is 12.8. The van der Waals surface area contributed by atoms with Crippen LogP contribution in [-0.2, 0) is 0 Å². The van der Waals surface area contributed by atoms with E-state index in [4.69, 9.17) is 14.2 Å². The lowest BCUT2D eigenvalue weighted by Crippen LogP contribution is -1.98. The highest BCUT2D eigenvalue weighted by Gasteiger charge is 2.24. The first kappa shape index (κ1) is 13.9. The topological polar surface area (TPSA) is 44.8 Å². The SMILES string of the molecule is CCCOc1ccc2c(c1)C(=O)C=C2c1ccc2c(c1)OCO2. The van der Waals surface area contributed by atoms with Gasteiger partial charge in [-0.05, 0) is 59.5 Å². The van der Waals surface area contributed by atoms with Gasteiger partial charge in [0.1, 0.15) is 5.75 Å². The molecule has 1 heterocycles. The predicted molar refractivity (Wildman–Crippen MR) is 86.2 cm³/mol. The van der Waals surface area contributed by atoms with Gasteiger partial charge in [-0.1, -0.05) is 13.0 Å². The normalized spacial score (nSPS) is 14.7. The van der Waals surface area contributed by atoms with Crippen LogP contribution in [0.3, 0.4) is 0 Å². The van der Waals surface area contributed by atoms with Gasteiger partial charge in [-0.2, -0.15) is 0 Å². The van der Waals surface area contributed by atoms with E-state index in [-0.39, 0.29) is 12.6 Å². The largest absolute Gasteiger partial charge is 0.494 e. The van der Waals surface area contributed by atoms with Crippen molar-refractivity contribution < 1.29 is 19.0 Å². The van der Waals surface area contributed by atoms with Crippen molar-refractivity contribution in [2.45, 2.75) is 13.3 Å². The lowest BCUT2D eigenvalue weighted by Gasteiger charge is -2.09. The highest BCUT2D eigenvalue weighted by molar-refractivity contribution is 6.19. The van der Waals surface area contributed by atoms with E-state index in [9.17, 15) is 4.79 Å². The molecule has 0 amide bonds. The fourth-order valence-corrected chi connectivity index (χ4v) is 2.86. The molecule has 0 atom stereocenters. The molecule has 1 aliphatic heterocycles. The summed E-state index contributed by atoms with van der Waals surface area (Å²) in [6.45, 7) is 2.94. The predicted octanol–water partition coefficient (Wildman–Crippen LogP) is 3.83. The van der Waals surface area contributed by atoms with Crippen molar-refractivity contribution in [1.29, 1.82) is 0 Å². The standard InChI is InChI=1S/C19H16O4/c1-2-7-21-13-4-5-14-15(10-17(20)16(14)9-13)12-3-6-18-19(8-12)23-11-22-18/h3-6,8-10H,2,7,11H2,1H3. The van der Waals surface area contributed by atoms with E-state index in [0.29, 0.717) is 17.9 Å². The number of ether oxygens (including phenoxy) is 3. The maximum atomic E-state index is 12.3. The number of allylic oxidation sites excluding steroid dienone is 1. The third-order valence-electron chi connectivity index (χ3n) is 3.98. The van der Waals surface area contributed by atoms with Crippen molar-refractivity contribution in [1.82, 2.24) is 0 Å². The van der Waals surface area contributed by atoms with Crippen LogP contribution in [0.15, 0.2) is 42.5 Å². The van der Waals surface area contributed by atoms with E-state index < -0.39 is 0 Å². The third kappa shape index (κ3) is 2.36. The molecule has 0 saturated heterocycles. The second kappa shape index (κ2) is 5.47. The highest BCUT2D eigenvalue weighted by atomic mass is 16.7. The summed E-state index contributed by atoms with van der Waals surface area (Å²) >= 11 is 0. The van der Waals surface area contributed by atoms with E-state index in [1.807, 2.05) is 36.4 Å². The molecule has 0 radical (unpaired) electrons. The van der Waals surface area contributed by atoms with Gasteiger partial charge < -0.3 is 14.2 Å². The number of carbonyl (C=O) groups excluding carboxylic acids is 1. The summed E-state index contributed by atoms with van der Waals surface area (Å²) in [6.07, 6.45) is 2.61. The smallest absolute Gasteiger partial charge is 0.231 e. The first-order valence-corrected chi connectivity index (χ1v) is 7.69. The first-order chi connectivity index (χ1) is 11.3. The number of fused-ring (bicyclic) bond motifs is 2. The molecule has 4 nitrogen and oxygen atoms in total. The molecule has 4 rings (SSSR count). The maximum absolute atomic E-state index is 12.3. The molecule has 2 aromatic rings. The molecular weight excluding hydrogens is 292 g/mol. The van der Waals surface area contributed by atoms with Crippen LogP contribution in [0.25, 0.3) is 5.57 Å². The summed E-state index contributed by atoms with van der Waals surface area (Å²) in [6, 6.07) is 11.4. The molecule has 23 heavy (non-hydrogen) atoms. The molecular formula is C19H16O4. The molecule has 116 valence electrons. The van der Waals surface area contributed by atoms with Gasteiger partial charge in [0.05, 0.1) is 6.61 Å². The Bertz CT molecular complexity index is 820. The average molecular weight is 308 g/mol. The number of benzene rings is 2. The minimum atomic E-state index is 0.00890. The molecule has 0 unspecified atom stereocenters. The minimum absolute atomic E-state index is 0.00890. The van der Waals surface area contributed by atoms with Crippen molar-refractivity contribution in [3.05, 3.63) is 59.2 Å². The Morgan fingerprint density at radius 1 is 1.04 bits per heavy atom. The van der Waals surface area contributed by atoms with Gasteiger partial charge in [0, 0.05) is 5.56 Å². The molecule has 0 N–H and O–H groups in total. The van der Waals surface area contributed by atoms with Crippen molar-refractivity contribution in [3.8, 4) is 17.2 Å². The zero-order chi connectivity index (χ0) is 15.8. The van der Waals surface area contributed by atoms with Crippen molar-refractivity contribution in [3.63, 3.8) is 0 Å². The Labute approximate surface area is 134 Å². The zero-order valence-electron chi connectivity index (χ0n) is 12.8. The van der Waals surface area contributed by atoms with Crippen LogP contribution in [-0.4, -0.2) is 19.2 Å².